The molecule has 0 saturated heterocycles. The minimum absolute atomic E-state index is 0.528. The van der Waals surface area contributed by atoms with Gasteiger partial charge < -0.3 is 0 Å². The Hall–Kier alpha value is -1.87. The van der Waals surface area contributed by atoms with Crippen molar-refractivity contribution in [2.45, 2.75) is 6.92 Å². The van der Waals surface area contributed by atoms with Gasteiger partial charge in [0.25, 0.3) is 0 Å². The van der Waals surface area contributed by atoms with E-state index >= 15 is 0 Å². The van der Waals surface area contributed by atoms with E-state index in [2.05, 4.69) is 9.97 Å². The molecule has 3 nitrogen and oxygen atoms in total. The lowest BCUT2D eigenvalue weighted by Gasteiger charge is -2.01. The summed E-state index contributed by atoms with van der Waals surface area (Å²) in [6, 6.07) is 7.91. The number of hydrogen-bond acceptors (Lipinski definition) is 2. The zero-order valence-corrected chi connectivity index (χ0v) is 10.0. The van der Waals surface area contributed by atoms with Crippen molar-refractivity contribution in [1.29, 1.82) is 0 Å². The van der Waals surface area contributed by atoms with E-state index in [9.17, 15) is 0 Å². The molecule has 0 aliphatic carbocycles. The highest BCUT2D eigenvalue weighted by molar-refractivity contribution is 6.32. The lowest BCUT2D eigenvalue weighted by Crippen LogP contribution is -1.89. The third-order valence-electron chi connectivity index (χ3n) is 2.69. The summed E-state index contributed by atoms with van der Waals surface area (Å²) < 4.78 is 1.99. The third kappa shape index (κ3) is 1.68. The summed E-state index contributed by atoms with van der Waals surface area (Å²) in [7, 11) is 0. The Bertz CT molecular complexity index is 674. The van der Waals surface area contributed by atoms with E-state index in [0.717, 1.165) is 16.9 Å². The van der Waals surface area contributed by atoms with Crippen molar-refractivity contribution in [3.8, 4) is 11.4 Å². The van der Waals surface area contributed by atoms with E-state index in [1.807, 2.05) is 41.8 Å². The highest BCUT2D eigenvalue weighted by Crippen LogP contribution is 2.25. The van der Waals surface area contributed by atoms with Gasteiger partial charge in [-0.2, -0.15) is 0 Å². The van der Waals surface area contributed by atoms with E-state index < -0.39 is 0 Å². The van der Waals surface area contributed by atoms with Crippen LogP contribution in [0.1, 0.15) is 5.56 Å². The topological polar surface area (TPSA) is 30.2 Å². The SMILES string of the molecule is Cc1ccn2c(-c3ccncc3)nc(Cl)c2c1. The van der Waals surface area contributed by atoms with Crippen molar-refractivity contribution in [3.05, 3.63) is 53.6 Å². The normalized spacial score (nSPS) is 10.9. The van der Waals surface area contributed by atoms with Gasteiger partial charge in [-0.3, -0.25) is 9.38 Å². The molecule has 84 valence electrons. The standard InChI is InChI=1S/C13H10ClN3/c1-9-4-7-17-11(8-9)12(14)16-13(17)10-2-5-15-6-3-10/h2-8H,1H3. The molecular formula is C13H10ClN3. The van der Waals surface area contributed by atoms with Gasteiger partial charge in [0.05, 0.1) is 5.52 Å². The quantitative estimate of drug-likeness (QED) is 0.656. The largest absolute Gasteiger partial charge is 0.298 e. The predicted molar refractivity (Wildman–Crippen MR) is 68.2 cm³/mol. The highest BCUT2D eigenvalue weighted by atomic mass is 35.5. The zero-order chi connectivity index (χ0) is 11.8. The predicted octanol–water partition coefficient (Wildman–Crippen LogP) is 3.36. The van der Waals surface area contributed by atoms with Crippen LogP contribution < -0.4 is 0 Å². The average molecular weight is 244 g/mol. The van der Waals surface area contributed by atoms with Crippen LogP contribution in [0.3, 0.4) is 0 Å². The Morgan fingerprint density at radius 3 is 2.71 bits per heavy atom. The Morgan fingerprint density at radius 2 is 1.94 bits per heavy atom. The van der Waals surface area contributed by atoms with Crippen molar-refractivity contribution in [2.24, 2.45) is 0 Å². The van der Waals surface area contributed by atoms with Gasteiger partial charge in [0, 0.05) is 24.2 Å². The maximum atomic E-state index is 6.15. The Kier molecular flexibility index (Phi) is 2.34. The van der Waals surface area contributed by atoms with Crippen molar-refractivity contribution < 1.29 is 0 Å². The fourth-order valence-electron chi connectivity index (χ4n) is 1.86. The van der Waals surface area contributed by atoms with Crippen LogP contribution in [0.2, 0.25) is 5.15 Å². The van der Waals surface area contributed by atoms with Crippen molar-refractivity contribution in [1.82, 2.24) is 14.4 Å². The maximum Gasteiger partial charge on any atom is 0.155 e. The van der Waals surface area contributed by atoms with Crippen LogP contribution in [0, 0.1) is 6.92 Å². The average Bonchev–Trinajstić information content (AvgIpc) is 2.68. The van der Waals surface area contributed by atoms with E-state index in [-0.39, 0.29) is 0 Å². The van der Waals surface area contributed by atoms with Gasteiger partial charge in [-0.25, -0.2) is 4.98 Å². The highest BCUT2D eigenvalue weighted by Gasteiger charge is 2.10. The summed E-state index contributed by atoms with van der Waals surface area (Å²) in [5.74, 6) is 0.840. The van der Waals surface area contributed by atoms with Crippen LogP contribution in [-0.4, -0.2) is 14.4 Å². The van der Waals surface area contributed by atoms with Crippen LogP contribution in [0.25, 0.3) is 16.9 Å². The third-order valence-corrected chi connectivity index (χ3v) is 2.97. The molecule has 0 aliphatic heterocycles. The van der Waals surface area contributed by atoms with Gasteiger partial charge in [-0.1, -0.05) is 11.6 Å². The second kappa shape index (κ2) is 3.86. The van der Waals surface area contributed by atoms with Gasteiger partial charge in [-0.05, 0) is 36.8 Å². The molecule has 0 aliphatic rings. The number of pyridine rings is 2. The molecule has 0 amide bonds. The van der Waals surface area contributed by atoms with E-state index in [0.29, 0.717) is 5.15 Å². The molecule has 3 heterocycles. The number of fused-ring (bicyclic) bond motifs is 1. The van der Waals surface area contributed by atoms with Crippen LogP contribution in [-0.2, 0) is 0 Å². The number of imidazole rings is 1. The summed E-state index contributed by atoms with van der Waals surface area (Å²) in [6.07, 6.45) is 5.48. The molecule has 0 radical (unpaired) electrons. The Morgan fingerprint density at radius 1 is 1.18 bits per heavy atom. The second-order valence-electron chi connectivity index (χ2n) is 3.92. The first kappa shape index (κ1) is 10.3. The fraction of sp³-hybridized carbons (Fsp3) is 0.0769. The van der Waals surface area contributed by atoms with Gasteiger partial charge >= 0.3 is 0 Å². The number of aryl methyl sites for hydroxylation is 1. The zero-order valence-electron chi connectivity index (χ0n) is 9.26. The van der Waals surface area contributed by atoms with Gasteiger partial charge in [-0.15, -0.1) is 0 Å². The first-order valence-corrected chi connectivity index (χ1v) is 5.68. The fourth-order valence-corrected chi connectivity index (χ4v) is 2.08. The monoisotopic (exact) mass is 243 g/mol. The molecule has 0 atom stereocenters. The van der Waals surface area contributed by atoms with Crippen LogP contribution in [0.15, 0.2) is 42.9 Å². The molecule has 3 rings (SSSR count). The van der Waals surface area contributed by atoms with Crippen molar-refractivity contribution in [2.75, 3.05) is 0 Å². The van der Waals surface area contributed by atoms with E-state index in [1.54, 1.807) is 12.4 Å². The Labute approximate surface area is 104 Å². The molecule has 3 aromatic rings. The molecule has 0 unspecified atom stereocenters. The summed E-state index contributed by atoms with van der Waals surface area (Å²) in [5.41, 5.74) is 3.10. The van der Waals surface area contributed by atoms with Crippen LogP contribution in [0.4, 0.5) is 0 Å². The molecular weight excluding hydrogens is 234 g/mol. The maximum absolute atomic E-state index is 6.15. The minimum atomic E-state index is 0.528. The second-order valence-corrected chi connectivity index (χ2v) is 4.28. The first-order chi connectivity index (χ1) is 8.25. The molecule has 0 bridgehead atoms. The lowest BCUT2D eigenvalue weighted by molar-refractivity contribution is 1.15. The number of halogens is 1. The summed E-state index contributed by atoms with van der Waals surface area (Å²) in [4.78, 5) is 8.40. The molecule has 17 heavy (non-hydrogen) atoms. The summed E-state index contributed by atoms with van der Waals surface area (Å²) in [6.45, 7) is 2.04. The molecule has 3 aromatic heterocycles. The molecule has 0 spiro atoms. The molecule has 4 heteroatoms. The number of nitrogens with zero attached hydrogens (tertiary/aromatic N) is 3. The number of rotatable bonds is 1. The van der Waals surface area contributed by atoms with Gasteiger partial charge in [0.1, 0.15) is 5.82 Å². The van der Waals surface area contributed by atoms with Crippen LogP contribution >= 0.6 is 11.6 Å². The smallest absolute Gasteiger partial charge is 0.155 e. The van der Waals surface area contributed by atoms with E-state index in [4.69, 9.17) is 11.6 Å². The molecule has 0 aromatic carbocycles. The van der Waals surface area contributed by atoms with Crippen molar-refractivity contribution in [3.63, 3.8) is 0 Å². The Balaban J connectivity index is 2.32. The molecule has 0 fully saturated rings. The summed E-state index contributed by atoms with van der Waals surface area (Å²) >= 11 is 6.15. The minimum Gasteiger partial charge on any atom is -0.298 e. The van der Waals surface area contributed by atoms with Gasteiger partial charge in [0.15, 0.2) is 5.15 Å². The molecule has 0 N–H and O–H groups in total. The van der Waals surface area contributed by atoms with Crippen LogP contribution in [0.5, 0.6) is 0 Å². The number of hydrogen-bond donors (Lipinski definition) is 0. The molecule has 0 saturated carbocycles. The summed E-state index contributed by atoms with van der Waals surface area (Å²) in [5, 5.41) is 0.528. The van der Waals surface area contributed by atoms with Gasteiger partial charge in [0.2, 0.25) is 0 Å². The first-order valence-electron chi connectivity index (χ1n) is 5.30. The number of aromatic nitrogens is 3. The van der Waals surface area contributed by atoms with E-state index in [1.165, 1.54) is 5.56 Å². The van der Waals surface area contributed by atoms with Crippen molar-refractivity contribution >= 4 is 17.1 Å². The lowest BCUT2D eigenvalue weighted by atomic mass is 10.2.